The van der Waals surface area contributed by atoms with Crippen molar-refractivity contribution in [3.8, 4) is 0 Å². The quantitative estimate of drug-likeness (QED) is 0.306. The van der Waals surface area contributed by atoms with Gasteiger partial charge in [0.2, 0.25) is 0 Å². The largest absolute Gasteiger partial charge is 0.347 e. The second kappa shape index (κ2) is 8.96. The van der Waals surface area contributed by atoms with Gasteiger partial charge in [-0.15, -0.1) is 0 Å². The lowest BCUT2D eigenvalue weighted by atomic mass is 10.2. The highest BCUT2D eigenvalue weighted by molar-refractivity contribution is 6.13. The Bertz CT molecular complexity index is 518. The van der Waals surface area contributed by atoms with Gasteiger partial charge in [-0.3, -0.25) is 0 Å². The fraction of sp³-hybridized carbons (Fsp3) is 0.333. The monoisotopic (exact) mass is 329 g/mol. The molecule has 5 heteroatoms. The first kappa shape index (κ1) is 17.8. The van der Waals surface area contributed by atoms with Crippen LogP contribution in [0.5, 0.6) is 0 Å². The van der Waals surface area contributed by atoms with Crippen LogP contribution in [-0.4, -0.2) is 28.9 Å². The first-order valence-electron chi connectivity index (χ1n) is 7.44. The standard InChI is InChI=1S/C18H21O4Si/c1-15(22-19-2)18(23,20-13-16-9-5-3-6-10-16)21-14-17-11-7-4-8-12-17/h3-12,15H,13-14H2,1-2H3. The third-order valence-electron chi connectivity index (χ3n) is 3.37. The summed E-state index contributed by atoms with van der Waals surface area (Å²) in [6.07, 6.45) is -0.475. The summed E-state index contributed by atoms with van der Waals surface area (Å²) in [6, 6.07) is 19.8. The summed E-state index contributed by atoms with van der Waals surface area (Å²) in [4.78, 5) is 9.95. The van der Waals surface area contributed by atoms with Crippen LogP contribution in [0.15, 0.2) is 60.7 Å². The van der Waals surface area contributed by atoms with E-state index in [4.69, 9.17) is 19.2 Å². The van der Waals surface area contributed by atoms with Crippen molar-refractivity contribution in [2.24, 2.45) is 0 Å². The van der Waals surface area contributed by atoms with Gasteiger partial charge in [-0.2, -0.15) is 0 Å². The smallest absolute Gasteiger partial charge is 0.173 e. The second-order valence-corrected chi connectivity index (χ2v) is 5.82. The van der Waals surface area contributed by atoms with Crippen molar-refractivity contribution in [3.05, 3.63) is 71.8 Å². The summed E-state index contributed by atoms with van der Waals surface area (Å²) >= 11 is 0. The maximum absolute atomic E-state index is 5.94. The summed E-state index contributed by atoms with van der Waals surface area (Å²) in [7, 11) is 5.03. The molecule has 0 heterocycles. The molecular weight excluding hydrogens is 308 g/mol. The second-order valence-electron chi connectivity index (χ2n) is 5.12. The summed E-state index contributed by atoms with van der Waals surface area (Å²) in [5.74, 6) is 0. The first-order valence-corrected chi connectivity index (χ1v) is 7.94. The Hall–Kier alpha value is -1.50. The molecule has 0 aliphatic rings. The van der Waals surface area contributed by atoms with E-state index in [1.165, 1.54) is 7.11 Å². The van der Waals surface area contributed by atoms with Crippen LogP contribution < -0.4 is 0 Å². The van der Waals surface area contributed by atoms with E-state index in [1.54, 1.807) is 0 Å². The molecule has 23 heavy (non-hydrogen) atoms. The zero-order chi connectivity index (χ0) is 16.5. The van der Waals surface area contributed by atoms with Crippen LogP contribution in [0.2, 0.25) is 0 Å². The molecule has 0 spiro atoms. The van der Waals surface area contributed by atoms with Crippen LogP contribution in [0, 0.1) is 0 Å². The third kappa shape index (κ3) is 5.57. The summed E-state index contributed by atoms with van der Waals surface area (Å²) in [6.45, 7) is 2.58. The highest BCUT2D eigenvalue weighted by Gasteiger charge is 2.35. The molecule has 0 amide bonds. The number of ether oxygens (including phenoxy) is 2. The molecule has 2 rings (SSSR count). The van der Waals surface area contributed by atoms with Crippen molar-refractivity contribution in [2.75, 3.05) is 7.11 Å². The zero-order valence-corrected chi connectivity index (χ0v) is 14.4. The molecule has 0 fully saturated rings. The van der Waals surface area contributed by atoms with Crippen LogP contribution in [0.3, 0.4) is 0 Å². The van der Waals surface area contributed by atoms with E-state index in [1.807, 2.05) is 67.6 Å². The lowest BCUT2D eigenvalue weighted by molar-refractivity contribution is -0.362. The SMILES string of the molecule is COOC(C)C([Si])(OCc1ccccc1)OCc1ccccc1. The van der Waals surface area contributed by atoms with Gasteiger partial charge < -0.3 is 9.47 Å². The lowest BCUT2D eigenvalue weighted by Crippen LogP contribution is -2.47. The summed E-state index contributed by atoms with van der Waals surface area (Å²) in [5, 5.41) is 0. The van der Waals surface area contributed by atoms with E-state index >= 15 is 0 Å². The Morgan fingerprint density at radius 2 is 1.30 bits per heavy atom. The van der Waals surface area contributed by atoms with E-state index < -0.39 is 11.5 Å². The molecule has 0 saturated carbocycles. The number of rotatable bonds is 9. The van der Waals surface area contributed by atoms with Gasteiger partial charge in [0.05, 0.1) is 20.3 Å². The van der Waals surface area contributed by atoms with Crippen molar-refractivity contribution in [2.45, 2.75) is 31.7 Å². The van der Waals surface area contributed by atoms with E-state index in [0.29, 0.717) is 13.2 Å². The Kier molecular flexibility index (Phi) is 6.95. The highest BCUT2D eigenvalue weighted by Crippen LogP contribution is 2.21. The average Bonchev–Trinajstić information content (AvgIpc) is 2.60. The van der Waals surface area contributed by atoms with Crippen LogP contribution in [-0.2, 0) is 32.5 Å². The summed E-state index contributed by atoms with van der Waals surface area (Å²) in [5.41, 5.74) is 0.966. The van der Waals surface area contributed by atoms with Gasteiger partial charge in [0, 0.05) is 0 Å². The van der Waals surface area contributed by atoms with Gasteiger partial charge in [0.1, 0.15) is 16.3 Å². The van der Waals surface area contributed by atoms with Crippen LogP contribution in [0.25, 0.3) is 0 Å². The Balaban J connectivity index is 2.02. The van der Waals surface area contributed by atoms with Crippen molar-refractivity contribution < 1.29 is 19.2 Å². The Labute approximate surface area is 140 Å². The Morgan fingerprint density at radius 1 is 0.870 bits per heavy atom. The van der Waals surface area contributed by atoms with E-state index in [-0.39, 0.29) is 0 Å². The van der Waals surface area contributed by atoms with Crippen LogP contribution in [0.1, 0.15) is 18.1 Å². The third-order valence-corrected chi connectivity index (χ3v) is 4.06. The van der Waals surface area contributed by atoms with Gasteiger partial charge in [-0.05, 0) is 18.1 Å². The fourth-order valence-corrected chi connectivity index (χ4v) is 2.21. The molecule has 2 aromatic carbocycles. The van der Waals surface area contributed by atoms with Crippen molar-refractivity contribution in [3.63, 3.8) is 0 Å². The minimum atomic E-state index is -1.12. The molecule has 0 aliphatic carbocycles. The molecule has 1 unspecified atom stereocenters. The zero-order valence-electron chi connectivity index (χ0n) is 13.4. The Morgan fingerprint density at radius 3 is 1.70 bits per heavy atom. The topological polar surface area (TPSA) is 36.9 Å². The van der Waals surface area contributed by atoms with E-state index in [0.717, 1.165) is 11.1 Å². The highest BCUT2D eigenvalue weighted by atomic mass is 28.1. The van der Waals surface area contributed by atoms with Crippen LogP contribution in [0.4, 0.5) is 0 Å². The van der Waals surface area contributed by atoms with Gasteiger partial charge in [0.15, 0.2) is 5.41 Å². The van der Waals surface area contributed by atoms with Crippen molar-refractivity contribution in [1.29, 1.82) is 0 Å². The van der Waals surface area contributed by atoms with Crippen molar-refractivity contribution >= 4 is 10.2 Å². The molecule has 121 valence electrons. The summed E-state index contributed by atoms with van der Waals surface area (Å²) < 4.78 is 11.9. The van der Waals surface area contributed by atoms with Gasteiger partial charge in [-0.25, -0.2) is 9.78 Å². The number of hydrogen-bond acceptors (Lipinski definition) is 4. The molecule has 2 aromatic rings. The predicted octanol–water partition coefficient (Wildman–Crippen LogP) is 3.21. The van der Waals surface area contributed by atoms with Crippen LogP contribution >= 0.6 is 0 Å². The van der Waals surface area contributed by atoms with E-state index in [9.17, 15) is 0 Å². The molecule has 4 nitrogen and oxygen atoms in total. The molecule has 0 bridgehead atoms. The molecule has 0 saturated heterocycles. The first-order chi connectivity index (χ1) is 11.1. The molecule has 0 aliphatic heterocycles. The molecule has 0 N–H and O–H groups in total. The fourth-order valence-electron chi connectivity index (χ4n) is 2.01. The lowest BCUT2D eigenvalue weighted by Gasteiger charge is -2.34. The minimum Gasteiger partial charge on any atom is -0.347 e. The molecule has 0 aromatic heterocycles. The molecular formula is C18H21O4Si. The van der Waals surface area contributed by atoms with Gasteiger partial charge in [0.25, 0.3) is 0 Å². The maximum atomic E-state index is 5.94. The molecule has 3 radical (unpaired) electrons. The number of hydrogen-bond donors (Lipinski definition) is 0. The predicted molar refractivity (Wildman–Crippen MR) is 88.5 cm³/mol. The average molecular weight is 329 g/mol. The van der Waals surface area contributed by atoms with Crippen molar-refractivity contribution in [1.82, 2.24) is 0 Å². The normalized spacial score (nSPS) is 13.0. The van der Waals surface area contributed by atoms with Gasteiger partial charge >= 0.3 is 0 Å². The minimum absolute atomic E-state index is 0.385. The number of benzene rings is 2. The molecule has 1 atom stereocenters. The van der Waals surface area contributed by atoms with Gasteiger partial charge in [-0.1, -0.05) is 60.7 Å². The van der Waals surface area contributed by atoms with E-state index in [2.05, 4.69) is 10.2 Å². The maximum Gasteiger partial charge on any atom is 0.173 e.